The van der Waals surface area contributed by atoms with Crippen molar-refractivity contribution in [1.29, 1.82) is 0 Å². The van der Waals surface area contributed by atoms with Crippen LogP contribution in [0.3, 0.4) is 0 Å². The number of hydrogen-bond donors (Lipinski definition) is 1. The Hall–Kier alpha value is -1.39. The van der Waals surface area contributed by atoms with Crippen molar-refractivity contribution in [2.75, 3.05) is 13.7 Å². The summed E-state index contributed by atoms with van der Waals surface area (Å²) in [4.78, 5) is 11.4. The van der Waals surface area contributed by atoms with Crippen LogP contribution in [0.1, 0.15) is 18.6 Å². The molecule has 2 atom stereocenters. The van der Waals surface area contributed by atoms with E-state index in [2.05, 4.69) is 0 Å². The topological polar surface area (TPSA) is 55.8 Å². The molecule has 0 spiro atoms. The Morgan fingerprint density at radius 3 is 2.50 bits per heavy atom. The van der Waals surface area contributed by atoms with E-state index < -0.39 is 18.2 Å². The molecule has 0 radical (unpaired) electrons. The zero-order valence-electron chi connectivity index (χ0n) is 9.42. The van der Waals surface area contributed by atoms with Crippen LogP contribution >= 0.6 is 0 Å². The highest BCUT2D eigenvalue weighted by Crippen LogP contribution is 2.21. The molecule has 0 bridgehead atoms. The van der Waals surface area contributed by atoms with Gasteiger partial charge in [-0.2, -0.15) is 0 Å². The van der Waals surface area contributed by atoms with Gasteiger partial charge in [-0.25, -0.2) is 4.79 Å². The molecular weight excluding hydrogens is 208 g/mol. The Balaban J connectivity index is 2.78. The molecule has 0 amide bonds. The van der Waals surface area contributed by atoms with Crippen molar-refractivity contribution in [3.63, 3.8) is 0 Å². The van der Waals surface area contributed by atoms with Crippen molar-refractivity contribution in [2.45, 2.75) is 19.1 Å². The van der Waals surface area contributed by atoms with Crippen LogP contribution in [-0.2, 0) is 14.3 Å². The highest BCUT2D eigenvalue weighted by atomic mass is 16.6. The van der Waals surface area contributed by atoms with Crippen molar-refractivity contribution < 1.29 is 19.4 Å². The van der Waals surface area contributed by atoms with E-state index in [9.17, 15) is 9.90 Å². The molecule has 0 aliphatic carbocycles. The molecule has 4 heteroatoms. The van der Waals surface area contributed by atoms with Crippen LogP contribution in [0.25, 0.3) is 0 Å². The number of carbonyl (C=O) groups excluding carboxylic acids is 1. The number of ether oxygens (including phenoxy) is 2. The third kappa shape index (κ3) is 3.05. The first-order valence-electron chi connectivity index (χ1n) is 5.13. The fourth-order valence-corrected chi connectivity index (χ4v) is 1.44. The monoisotopic (exact) mass is 224 g/mol. The molecule has 1 aromatic rings. The lowest BCUT2D eigenvalue weighted by Crippen LogP contribution is -2.31. The molecule has 0 saturated heterocycles. The summed E-state index contributed by atoms with van der Waals surface area (Å²) in [6.45, 7) is 1.93. The van der Waals surface area contributed by atoms with Gasteiger partial charge < -0.3 is 14.6 Å². The highest BCUT2D eigenvalue weighted by Gasteiger charge is 2.28. The second-order valence-electron chi connectivity index (χ2n) is 3.26. The Kier molecular flexibility index (Phi) is 4.95. The molecule has 1 rings (SSSR count). The van der Waals surface area contributed by atoms with Crippen LogP contribution in [-0.4, -0.2) is 30.9 Å². The zero-order valence-corrected chi connectivity index (χ0v) is 9.42. The van der Waals surface area contributed by atoms with Crippen molar-refractivity contribution >= 4 is 5.97 Å². The second-order valence-corrected chi connectivity index (χ2v) is 3.26. The predicted octanol–water partition coefficient (Wildman–Crippen LogP) is 1.30. The van der Waals surface area contributed by atoms with Gasteiger partial charge in [-0.1, -0.05) is 30.3 Å². The molecular formula is C12H16O4. The van der Waals surface area contributed by atoms with Crippen LogP contribution in [0.4, 0.5) is 0 Å². The van der Waals surface area contributed by atoms with Gasteiger partial charge in [0.2, 0.25) is 0 Å². The molecule has 0 aromatic heterocycles. The minimum atomic E-state index is -1.30. The normalized spacial score (nSPS) is 14.2. The number of benzene rings is 1. The van der Waals surface area contributed by atoms with Crippen LogP contribution in [0, 0.1) is 0 Å². The smallest absolute Gasteiger partial charge is 0.338 e. The average molecular weight is 224 g/mol. The minimum absolute atomic E-state index is 0.237. The van der Waals surface area contributed by atoms with Gasteiger partial charge >= 0.3 is 5.97 Å². The maximum absolute atomic E-state index is 11.4. The number of aliphatic hydroxyl groups is 1. The summed E-state index contributed by atoms with van der Waals surface area (Å²) in [5.41, 5.74) is 0.741. The number of aliphatic hydroxyl groups excluding tert-OH is 1. The summed E-state index contributed by atoms with van der Waals surface area (Å²) >= 11 is 0. The number of esters is 1. The van der Waals surface area contributed by atoms with E-state index >= 15 is 0 Å². The SMILES string of the molecule is CCOC(=O)[C@H](O)[C@H](OC)c1ccccc1. The van der Waals surface area contributed by atoms with Crippen LogP contribution in [0.15, 0.2) is 30.3 Å². The maximum atomic E-state index is 11.4. The second kappa shape index (κ2) is 6.25. The lowest BCUT2D eigenvalue weighted by molar-refractivity contribution is -0.161. The van der Waals surface area contributed by atoms with Gasteiger partial charge in [0.15, 0.2) is 6.10 Å². The van der Waals surface area contributed by atoms with Crippen molar-refractivity contribution in [2.24, 2.45) is 0 Å². The highest BCUT2D eigenvalue weighted by molar-refractivity contribution is 5.75. The third-order valence-corrected chi connectivity index (χ3v) is 2.20. The van der Waals surface area contributed by atoms with E-state index in [-0.39, 0.29) is 6.61 Å². The average Bonchev–Trinajstić information content (AvgIpc) is 2.31. The molecule has 0 aliphatic rings. The van der Waals surface area contributed by atoms with Gasteiger partial charge in [0, 0.05) is 7.11 Å². The summed E-state index contributed by atoms with van der Waals surface area (Å²) in [5, 5.41) is 9.76. The number of carbonyl (C=O) groups is 1. The van der Waals surface area contributed by atoms with Gasteiger partial charge in [-0.15, -0.1) is 0 Å². The van der Waals surface area contributed by atoms with E-state index in [4.69, 9.17) is 9.47 Å². The molecule has 0 unspecified atom stereocenters. The fourth-order valence-electron chi connectivity index (χ4n) is 1.44. The Morgan fingerprint density at radius 1 is 1.38 bits per heavy atom. The predicted molar refractivity (Wildman–Crippen MR) is 58.8 cm³/mol. The third-order valence-electron chi connectivity index (χ3n) is 2.20. The summed E-state index contributed by atoms with van der Waals surface area (Å²) < 4.78 is 9.85. The van der Waals surface area contributed by atoms with E-state index in [0.717, 1.165) is 5.56 Å². The fraction of sp³-hybridized carbons (Fsp3) is 0.417. The number of methoxy groups -OCH3 is 1. The summed E-state index contributed by atoms with van der Waals surface area (Å²) in [6, 6.07) is 9.07. The summed E-state index contributed by atoms with van der Waals surface area (Å²) in [6.07, 6.45) is -1.99. The van der Waals surface area contributed by atoms with Gasteiger partial charge in [-0.05, 0) is 12.5 Å². The Bertz CT molecular complexity index is 323. The van der Waals surface area contributed by atoms with E-state index in [1.54, 1.807) is 19.1 Å². The van der Waals surface area contributed by atoms with E-state index in [0.29, 0.717) is 0 Å². The van der Waals surface area contributed by atoms with E-state index in [1.807, 2.05) is 18.2 Å². The molecule has 1 N–H and O–H groups in total. The molecule has 0 fully saturated rings. The quantitative estimate of drug-likeness (QED) is 0.766. The van der Waals surface area contributed by atoms with Gasteiger partial charge in [0.05, 0.1) is 6.61 Å². The molecule has 88 valence electrons. The molecule has 0 saturated carbocycles. The summed E-state index contributed by atoms with van der Waals surface area (Å²) in [7, 11) is 1.44. The van der Waals surface area contributed by atoms with Crippen LogP contribution in [0.2, 0.25) is 0 Å². The first-order chi connectivity index (χ1) is 7.70. The Morgan fingerprint density at radius 2 is 2.00 bits per heavy atom. The van der Waals surface area contributed by atoms with Crippen molar-refractivity contribution in [3.8, 4) is 0 Å². The standard InChI is InChI=1S/C12H16O4/c1-3-16-12(14)10(13)11(15-2)9-7-5-4-6-8-9/h4-8,10-11,13H,3H2,1-2H3/t10-,11-/m1/s1. The molecule has 4 nitrogen and oxygen atoms in total. The Labute approximate surface area is 94.8 Å². The van der Waals surface area contributed by atoms with Crippen molar-refractivity contribution in [1.82, 2.24) is 0 Å². The molecule has 0 aliphatic heterocycles. The first kappa shape index (κ1) is 12.7. The van der Waals surface area contributed by atoms with Crippen molar-refractivity contribution in [3.05, 3.63) is 35.9 Å². The van der Waals surface area contributed by atoms with Gasteiger partial charge in [0.1, 0.15) is 6.10 Å². The number of rotatable bonds is 5. The zero-order chi connectivity index (χ0) is 12.0. The summed E-state index contributed by atoms with van der Waals surface area (Å²) in [5.74, 6) is -0.668. The molecule has 0 heterocycles. The lowest BCUT2D eigenvalue weighted by atomic mass is 10.0. The lowest BCUT2D eigenvalue weighted by Gasteiger charge is -2.20. The molecule has 16 heavy (non-hydrogen) atoms. The maximum Gasteiger partial charge on any atom is 0.338 e. The minimum Gasteiger partial charge on any atom is -0.464 e. The van der Waals surface area contributed by atoms with Gasteiger partial charge in [-0.3, -0.25) is 0 Å². The van der Waals surface area contributed by atoms with E-state index in [1.165, 1.54) is 7.11 Å². The van der Waals surface area contributed by atoms with Gasteiger partial charge in [0.25, 0.3) is 0 Å². The van der Waals surface area contributed by atoms with Crippen LogP contribution in [0.5, 0.6) is 0 Å². The number of hydrogen-bond acceptors (Lipinski definition) is 4. The first-order valence-corrected chi connectivity index (χ1v) is 5.13. The largest absolute Gasteiger partial charge is 0.464 e. The molecule has 1 aromatic carbocycles. The van der Waals surface area contributed by atoms with Crippen LogP contribution < -0.4 is 0 Å².